The molecule has 1 amide bonds. The van der Waals surface area contributed by atoms with Crippen LogP contribution in [0.5, 0.6) is 11.5 Å². The molecule has 170 valence electrons. The summed E-state index contributed by atoms with van der Waals surface area (Å²) in [4.78, 5) is 21.9. The van der Waals surface area contributed by atoms with Crippen LogP contribution in [-0.2, 0) is 6.61 Å². The van der Waals surface area contributed by atoms with E-state index in [1.165, 1.54) is 0 Å². The van der Waals surface area contributed by atoms with Crippen LogP contribution in [0.4, 0.5) is 5.13 Å². The molecule has 4 rings (SSSR count). The molecule has 0 aliphatic carbocycles. The van der Waals surface area contributed by atoms with Gasteiger partial charge in [0.05, 0.1) is 24.1 Å². The number of benzene rings is 1. The van der Waals surface area contributed by atoms with Gasteiger partial charge in [0, 0.05) is 37.1 Å². The zero-order valence-corrected chi connectivity index (χ0v) is 19.7. The molecule has 1 aliphatic heterocycles. The van der Waals surface area contributed by atoms with E-state index in [-0.39, 0.29) is 5.91 Å². The largest absolute Gasteiger partial charge is 0.493 e. The number of anilines is 1. The average molecular weight is 457 g/mol. The third-order valence-electron chi connectivity index (χ3n) is 5.62. The highest BCUT2D eigenvalue weighted by molar-refractivity contribution is 7.13. The van der Waals surface area contributed by atoms with Gasteiger partial charge in [-0.3, -0.25) is 4.79 Å². The summed E-state index contributed by atoms with van der Waals surface area (Å²) in [5, 5.41) is 7.04. The van der Waals surface area contributed by atoms with E-state index in [9.17, 15) is 4.79 Å². The molecular weight excluding hydrogens is 428 g/mol. The second-order valence-corrected chi connectivity index (χ2v) is 8.70. The summed E-state index contributed by atoms with van der Waals surface area (Å²) in [7, 11) is 1.58. The van der Waals surface area contributed by atoms with E-state index in [1.54, 1.807) is 36.6 Å². The third-order valence-corrected chi connectivity index (χ3v) is 6.64. The van der Waals surface area contributed by atoms with Crippen LogP contribution in [-0.4, -0.2) is 54.2 Å². The second kappa shape index (κ2) is 9.60. The van der Waals surface area contributed by atoms with Gasteiger partial charge in [-0.1, -0.05) is 5.16 Å². The Labute approximate surface area is 191 Å². The van der Waals surface area contributed by atoms with Crippen molar-refractivity contribution in [2.75, 3.05) is 38.2 Å². The number of ether oxygens (including phenoxy) is 2. The second-order valence-electron chi connectivity index (χ2n) is 7.86. The summed E-state index contributed by atoms with van der Waals surface area (Å²) >= 11 is 1.65. The zero-order chi connectivity index (χ0) is 22.7. The Bertz CT molecular complexity index is 1070. The summed E-state index contributed by atoms with van der Waals surface area (Å²) < 4.78 is 16.6. The fourth-order valence-corrected chi connectivity index (χ4v) is 4.62. The van der Waals surface area contributed by atoms with Gasteiger partial charge in [-0.05, 0) is 45.4 Å². The maximum absolute atomic E-state index is 13.2. The number of methoxy groups -OCH3 is 1. The van der Waals surface area contributed by atoms with Crippen molar-refractivity contribution >= 4 is 22.4 Å². The topological polar surface area (TPSA) is 80.9 Å². The molecule has 0 atom stereocenters. The molecule has 2 aromatic heterocycles. The van der Waals surface area contributed by atoms with E-state index in [2.05, 4.69) is 20.4 Å². The van der Waals surface area contributed by atoms with Crippen molar-refractivity contribution in [2.45, 2.75) is 33.8 Å². The lowest BCUT2D eigenvalue weighted by atomic mass is 10.1. The molecule has 3 aromatic rings. The molecule has 0 unspecified atom stereocenters. The highest BCUT2D eigenvalue weighted by Gasteiger charge is 2.23. The molecule has 0 bridgehead atoms. The Hall–Kier alpha value is -3.07. The minimum absolute atomic E-state index is 0.00209. The van der Waals surface area contributed by atoms with Crippen molar-refractivity contribution in [3.63, 3.8) is 0 Å². The predicted molar refractivity (Wildman–Crippen MR) is 123 cm³/mol. The maximum Gasteiger partial charge on any atom is 0.254 e. The lowest BCUT2D eigenvalue weighted by Gasteiger charge is -2.22. The van der Waals surface area contributed by atoms with E-state index in [1.807, 2.05) is 25.7 Å². The first-order chi connectivity index (χ1) is 15.5. The Morgan fingerprint density at radius 1 is 1.16 bits per heavy atom. The molecule has 3 heterocycles. The molecule has 32 heavy (non-hydrogen) atoms. The van der Waals surface area contributed by atoms with Crippen LogP contribution >= 0.6 is 11.3 Å². The van der Waals surface area contributed by atoms with Gasteiger partial charge < -0.3 is 23.8 Å². The summed E-state index contributed by atoms with van der Waals surface area (Å²) in [5.41, 5.74) is 3.34. The summed E-state index contributed by atoms with van der Waals surface area (Å²) in [6, 6.07) is 5.32. The van der Waals surface area contributed by atoms with Gasteiger partial charge in [0.2, 0.25) is 0 Å². The molecule has 1 aromatic carbocycles. The first-order valence-corrected chi connectivity index (χ1v) is 11.5. The van der Waals surface area contributed by atoms with Crippen molar-refractivity contribution in [2.24, 2.45) is 0 Å². The van der Waals surface area contributed by atoms with Gasteiger partial charge in [-0.2, -0.15) is 0 Å². The van der Waals surface area contributed by atoms with Crippen LogP contribution in [0.25, 0.3) is 0 Å². The highest BCUT2D eigenvalue weighted by Crippen LogP contribution is 2.30. The number of nitrogens with zero attached hydrogens (tertiary/aromatic N) is 4. The molecule has 9 heteroatoms. The molecular formula is C23H28N4O4S. The molecule has 8 nitrogen and oxygen atoms in total. The van der Waals surface area contributed by atoms with Gasteiger partial charge in [0.15, 0.2) is 16.6 Å². The van der Waals surface area contributed by atoms with Crippen molar-refractivity contribution in [1.29, 1.82) is 0 Å². The quantitative estimate of drug-likeness (QED) is 0.555. The van der Waals surface area contributed by atoms with Crippen LogP contribution in [0.15, 0.2) is 28.1 Å². The molecule has 0 N–H and O–H groups in total. The Kier molecular flexibility index (Phi) is 6.64. The van der Waals surface area contributed by atoms with Crippen LogP contribution < -0.4 is 14.4 Å². The van der Waals surface area contributed by atoms with Crippen molar-refractivity contribution < 1.29 is 18.8 Å². The molecule has 1 saturated heterocycles. The standard InChI is InChI=1S/C23H28N4O4S/c1-15-14-32-23(24-15)27-9-5-8-26(10-11-27)22(28)18-6-7-20(21(12-18)29-4)30-13-19-16(2)25-31-17(19)3/h6-7,12,14H,5,8-11,13H2,1-4H3. The third kappa shape index (κ3) is 4.72. The van der Waals surface area contributed by atoms with E-state index in [4.69, 9.17) is 14.0 Å². The Balaban J connectivity index is 1.43. The van der Waals surface area contributed by atoms with Gasteiger partial charge in [0.25, 0.3) is 5.91 Å². The van der Waals surface area contributed by atoms with Crippen LogP contribution in [0, 0.1) is 20.8 Å². The van der Waals surface area contributed by atoms with Crippen LogP contribution in [0.1, 0.15) is 39.5 Å². The number of aromatic nitrogens is 2. The maximum atomic E-state index is 13.2. The first-order valence-electron chi connectivity index (χ1n) is 10.6. The lowest BCUT2D eigenvalue weighted by molar-refractivity contribution is 0.0766. The monoisotopic (exact) mass is 456 g/mol. The van der Waals surface area contributed by atoms with E-state index in [0.717, 1.165) is 47.4 Å². The smallest absolute Gasteiger partial charge is 0.254 e. The molecule has 1 fully saturated rings. The van der Waals surface area contributed by atoms with Gasteiger partial charge in [-0.25, -0.2) is 4.98 Å². The lowest BCUT2D eigenvalue weighted by Crippen LogP contribution is -2.35. The highest BCUT2D eigenvalue weighted by atomic mass is 32.1. The number of hydrogen-bond acceptors (Lipinski definition) is 8. The number of rotatable bonds is 6. The summed E-state index contributed by atoms with van der Waals surface area (Å²) in [6.07, 6.45) is 0.903. The number of aryl methyl sites for hydroxylation is 3. The van der Waals surface area contributed by atoms with Crippen molar-refractivity contribution in [1.82, 2.24) is 15.0 Å². The normalized spacial score (nSPS) is 14.4. The Morgan fingerprint density at radius 2 is 2.00 bits per heavy atom. The SMILES string of the molecule is COc1cc(C(=O)N2CCCN(c3nc(C)cs3)CC2)ccc1OCc1c(C)noc1C. The van der Waals surface area contributed by atoms with Crippen molar-refractivity contribution in [3.05, 3.63) is 51.9 Å². The number of amides is 1. The minimum atomic E-state index is -0.00209. The summed E-state index contributed by atoms with van der Waals surface area (Å²) in [5.74, 6) is 1.83. The number of carbonyl (C=O) groups is 1. The van der Waals surface area contributed by atoms with Gasteiger partial charge in [-0.15, -0.1) is 11.3 Å². The minimum Gasteiger partial charge on any atom is -0.493 e. The average Bonchev–Trinajstić information content (AvgIpc) is 3.26. The summed E-state index contributed by atoms with van der Waals surface area (Å²) in [6.45, 7) is 9.10. The van der Waals surface area contributed by atoms with Gasteiger partial charge in [0.1, 0.15) is 12.4 Å². The zero-order valence-electron chi connectivity index (χ0n) is 18.9. The molecule has 1 aliphatic rings. The predicted octanol–water partition coefficient (Wildman–Crippen LogP) is 4.00. The van der Waals surface area contributed by atoms with Crippen LogP contribution in [0.2, 0.25) is 0 Å². The van der Waals surface area contributed by atoms with E-state index in [0.29, 0.717) is 36.8 Å². The number of hydrogen-bond donors (Lipinski definition) is 0. The van der Waals surface area contributed by atoms with Gasteiger partial charge >= 0.3 is 0 Å². The van der Waals surface area contributed by atoms with Crippen LogP contribution in [0.3, 0.4) is 0 Å². The van der Waals surface area contributed by atoms with E-state index >= 15 is 0 Å². The fraction of sp³-hybridized carbons (Fsp3) is 0.435. The number of carbonyl (C=O) groups excluding carboxylic acids is 1. The first kappa shape index (κ1) is 22.1. The molecule has 0 spiro atoms. The Morgan fingerprint density at radius 3 is 2.69 bits per heavy atom. The number of thiazole rings is 1. The van der Waals surface area contributed by atoms with E-state index < -0.39 is 0 Å². The van der Waals surface area contributed by atoms with Crippen molar-refractivity contribution in [3.8, 4) is 11.5 Å². The molecule has 0 saturated carbocycles. The molecule has 0 radical (unpaired) electrons. The fourth-order valence-electron chi connectivity index (χ4n) is 3.76.